The molecule has 0 unspecified atom stereocenters. The molecule has 0 saturated heterocycles. The van der Waals surface area contributed by atoms with Crippen LogP contribution in [0.2, 0.25) is 0 Å². The number of hydrogen-bond acceptors (Lipinski definition) is 3. The first kappa shape index (κ1) is 14.2. The summed E-state index contributed by atoms with van der Waals surface area (Å²) in [5.41, 5.74) is 2.11. The van der Waals surface area contributed by atoms with E-state index in [2.05, 4.69) is 52.8 Å². The van der Waals surface area contributed by atoms with Gasteiger partial charge < -0.3 is 5.32 Å². The van der Waals surface area contributed by atoms with E-state index in [1.54, 1.807) is 0 Å². The molecule has 0 bridgehead atoms. The molecule has 0 amide bonds. The summed E-state index contributed by atoms with van der Waals surface area (Å²) < 4.78 is 0. The zero-order chi connectivity index (χ0) is 15.5. The van der Waals surface area contributed by atoms with Crippen molar-refractivity contribution in [2.24, 2.45) is 0 Å². The SMILES string of the molecule is c1ccc2cc(-c3ccnc(NC4CCCCC4)n3)ccc2c1. The van der Waals surface area contributed by atoms with Crippen molar-refractivity contribution < 1.29 is 0 Å². The maximum atomic E-state index is 4.72. The lowest BCUT2D eigenvalue weighted by molar-refractivity contribution is 0.461. The van der Waals surface area contributed by atoms with Gasteiger partial charge >= 0.3 is 0 Å². The molecule has 1 aromatic heterocycles. The molecule has 1 N–H and O–H groups in total. The minimum absolute atomic E-state index is 0.524. The van der Waals surface area contributed by atoms with Crippen molar-refractivity contribution >= 4 is 16.7 Å². The van der Waals surface area contributed by atoms with Crippen molar-refractivity contribution in [3.63, 3.8) is 0 Å². The second kappa shape index (κ2) is 6.37. The monoisotopic (exact) mass is 303 g/mol. The Morgan fingerprint density at radius 1 is 0.870 bits per heavy atom. The first-order valence-corrected chi connectivity index (χ1v) is 8.47. The van der Waals surface area contributed by atoms with Crippen LogP contribution < -0.4 is 5.32 Å². The minimum Gasteiger partial charge on any atom is -0.351 e. The van der Waals surface area contributed by atoms with Crippen molar-refractivity contribution in [2.45, 2.75) is 38.1 Å². The summed E-state index contributed by atoms with van der Waals surface area (Å²) in [6, 6.07) is 17.4. The van der Waals surface area contributed by atoms with Crippen LogP contribution in [-0.4, -0.2) is 16.0 Å². The Morgan fingerprint density at radius 3 is 2.57 bits per heavy atom. The molecule has 3 aromatic rings. The highest BCUT2D eigenvalue weighted by Crippen LogP contribution is 2.24. The van der Waals surface area contributed by atoms with E-state index in [1.165, 1.54) is 42.9 Å². The minimum atomic E-state index is 0.524. The Kier molecular flexibility index (Phi) is 3.93. The van der Waals surface area contributed by atoms with Crippen molar-refractivity contribution in [1.82, 2.24) is 9.97 Å². The number of rotatable bonds is 3. The van der Waals surface area contributed by atoms with Crippen LogP contribution in [0.1, 0.15) is 32.1 Å². The number of nitrogens with one attached hydrogen (secondary N) is 1. The molecule has 0 atom stereocenters. The third kappa shape index (κ3) is 3.19. The molecule has 0 radical (unpaired) electrons. The van der Waals surface area contributed by atoms with Gasteiger partial charge in [-0.05, 0) is 35.7 Å². The first-order valence-electron chi connectivity index (χ1n) is 8.47. The smallest absolute Gasteiger partial charge is 0.223 e. The van der Waals surface area contributed by atoms with E-state index in [4.69, 9.17) is 4.98 Å². The van der Waals surface area contributed by atoms with Crippen LogP contribution in [0, 0.1) is 0 Å². The van der Waals surface area contributed by atoms with Crippen molar-refractivity contribution in [3.8, 4) is 11.3 Å². The van der Waals surface area contributed by atoms with Gasteiger partial charge in [0, 0.05) is 17.8 Å². The Hall–Kier alpha value is -2.42. The van der Waals surface area contributed by atoms with Crippen molar-refractivity contribution in [1.29, 1.82) is 0 Å². The molecule has 1 aliphatic rings. The molecular weight excluding hydrogens is 282 g/mol. The summed E-state index contributed by atoms with van der Waals surface area (Å²) in [5.74, 6) is 0.752. The number of anilines is 1. The number of hydrogen-bond donors (Lipinski definition) is 1. The van der Waals surface area contributed by atoms with Gasteiger partial charge in [0.2, 0.25) is 5.95 Å². The van der Waals surface area contributed by atoms with Crippen LogP contribution in [0.3, 0.4) is 0 Å². The molecule has 23 heavy (non-hydrogen) atoms. The number of fused-ring (bicyclic) bond motifs is 1. The van der Waals surface area contributed by atoms with E-state index in [-0.39, 0.29) is 0 Å². The van der Waals surface area contributed by atoms with Gasteiger partial charge in [-0.2, -0.15) is 0 Å². The van der Waals surface area contributed by atoms with Crippen molar-refractivity contribution in [2.75, 3.05) is 5.32 Å². The van der Waals surface area contributed by atoms with Gasteiger partial charge in [-0.15, -0.1) is 0 Å². The molecule has 116 valence electrons. The van der Waals surface area contributed by atoms with Crippen molar-refractivity contribution in [3.05, 3.63) is 54.7 Å². The second-order valence-corrected chi connectivity index (χ2v) is 6.31. The maximum absolute atomic E-state index is 4.72. The Morgan fingerprint density at radius 2 is 1.70 bits per heavy atom. The predicted molar refractivity (Wildman–Crippen MR) is 95.5 cm³/mol. The molecule has 1 saturated carbocycles. The second-order valence-electron chi connectivity index (χ2n) is 6.31. The van der Waals surface area contributed by atoms with Gasteiger partial charge in [0.1, 0.15) is 0 Å². The molecule has 3 nitrogen and oxygen atoms in total. The van der Waals surface area contributed by atoms with E-state index in [0.717, 1.165) is 17.2 Å². The fourth-order valence-electron chi connectivity index (χ4n) is 3.37. The molecule has 1 aliphatic carbocycles. The van der Waals surface area contributed by atoms with Gasteiger partial charge in [0.15, 0.2) is 0 Å². The number of nitrogens with zero attached hydrogens (tertiary/aromatic N) is 2. The van der Waals surface area contributed by atoms with Crippen LogP contribution in [0.15, 0.2) is 54.7 Å². The molecular formula is C20H21N3. The van der Waals surface area contributed by atoms with Crippen LogP contribution in [-0.2, 0) is 0 Å². The maximum Gasteiger partial charge on any atom is 0.223 e. The number of aromatic nitrogens is 2. The molecule has 1 heterocycles. The summed E-state index contributed by atoms with van der Waals surface area (Å²) >= 11 is 0. The largest absolute Gasteiger partial charge is 0.351 e. The third-order valence-electron chi connectivity index (χ3n) is 4.64. The Labute approximate surface area is 136 Å². The lowest BCUT2D eigenvalue weighted by atomic mass is 9.96. The highest BCUT2D eigenvalue weighted by Gasteiger charge is 2.14. The molecule has 3 heteroatoms. The van der Waals surface area contributed by atoms with E-state index in [0.29, 0.717) is 6.04 Å². The quantitative estimate of drug-likeness (QED) is 0.736. The molecule has 4 rings (SSSR count). The summed E-state index contributed by atoms with van der Waals surface area (Å²) in [7, 11) is 0. The molecule has 2 aromatic carbocycles. The average molecular weight is 303 g/mol. The highest BCUT2D eigenvalue weighted by atomic mass is 15.1. The van der Waals surface area contributed by atoms with Gasteiger partial charge in [-0.3, -0.25) is 0 Å². The highest BCUT2D eigenvalue weighted by molar-refractivity contribution is 5.86. The zero-order valence-electron chi connectivity index (χ0n) is 13.2. The fourth-order valence-corrected chi connectivity index (χ4v) is 3.37. The summed E-state index contributed by atoms with van der Waals surface area (Å²) in [4.78, 5) is 9.12. The van der Waals surface area contributed by atoms with E-state index in [1.807, 2.05) is 12.3 Å². The fraction of sp³-hybridized carbons (Fsp3) is 0.300. The summed E-state index contributed by atoms with van der Waals surface area (Å²) in [6.45, 7) is 0. The van der Waals surface area contributed by atoms with Gasteiger partial charge in [0.25, 0.3) is 0 Å². The average Bonchev–Trinajstić information content (AvgIpc) is 2.62. The summed E-state index contributed by atoms with van der Waals surface area (Å²) in [6.07, 6.45) is 8.27. The van der Waals surface area contributed by atoms with E-state index >= 15 is 0 Å². The standard InChI is InChI=1S/C20H21N3/c1-2-8-18(9-3-1)22-20-21-13-12-19(23-20)17-11-10-15-6-4-5-7-16(15)14-17/h4-7,10-14,18H,1-3,8-9H2,(H,21,22,23). The Bertz CT molecular complexity index is 807. The first-order chi connectivity index (χ1) is 11.4. The Balaban J connectivity index is 1.61. The topological polar surface area (TPSA) is 37.8 Å². The predicted octanol–water partition coefficient (Wildman–Crippen LogP) is 5.04. The molecule has 0 spiro atoms. The van der Waals surface area contributed by atoms with E-state index in [9.17, 15) is 0 Å². The molecule has 1 fully saturated rings. The number of benzene rings is 2. The lowest BCUT2D eigenvalue weighted by Crippen LogP contribution is -2.23. The van der Waals surface area contributed by atoms with Gasteiger partial charge in [0.05, 0.1) is 5.69 Å². The summed E-state index contributed by atoms with van der Waals surface area (Å²) in [5, 5.41) is 6.00. The van der Waals surface area contributed by atoms with Gasteiger partial charge in [-0.1, -0.05) is 55.7 Å². The van der Waals surface area contributed by atoms with Crippen LogP contribution in [0.4, 0.5) is 5.95 Å². The van der Waals surface area contributed by atoms with Crippen LogP contribution in [0.25, 0.3) is 22.0 Å². The van der Waals surface area contributed by atoms with E-state index < -0.39 is 0 Å². The normalized spacial score (nSPS) is 15.7. The molecule has 0 aliphatic heterocycles. The van der Waals surface area contributed by atoms with Crippen LogP contribution >= 0.6 is 0 Å². The third-order valence-corrected chi connectivity index (χ3v) is 4.64. The van der Waals surface area contributed by atoms with Gasteiger partial charge in [-0.25, -0.2) is 9.97 Å². The van der Waals surface area contributed by atoms with Crippen LogP contribution in [0.5, 0.6) is 0 Å². The lowest BCUT2D eigenvalue weighted by Gasteiger charge is -2.22. The zero-order valence-corrected chi connectivity index (χ0v) is 13.2.